The van der Waals surface area contributed by atoms with Crippen molar-refractivity contribution in [1.82, 2.24) is 10.0 Å². The average molecular weight is 358 g/mol. The van der Waals surface area contributed by atoms with Crippen molar-refractivity contribution >= 4 is 21.9 Å². The minimum absolute atomic E-state index is 0.0105. The molecule has 9 heteroatoms. The number of sulfonamides is 1. The second-order valence-electron chi connectivity index (χ2n) is 4.98. The Balaban J connectivity index is 2.59. The van der Waals surface area contributed by atoms with Crippen LogP contribution >= 0.6 is 0 Å². The summed E-state index contributed by atoms with van der Waals surface area (Å²) in [5.74, 6) is -0.756. The number of rotatable bonds is 9. The standard InChI is InChI=1S/C15H22N2O6S/c1-4-9-16-14(18)10-23-15(19)11(2)17-24(20,21)13-7-5-12(22-3)6-8-13/h5-8,11,17H,4,9-10H2,1-3H3,(H,16,18)/t11-/m0/s1. The lowest BCUT2D eigenvalue weighted by atomic mass is 10.3. The lowest BCUT2D eigenvalue weighted by Crippen LogP contribution is -2.41. The first-order valence-electron chi connectivity index (χ1n) is 7.40. The van der Waals surface area contributed by atoms with Gasteiger partial charge in [0.2, 0.25) is 10.0 Å². The van der Waals surface area contributed by atoms with Crippen molar-refractivity contribution in [1.29, 1.82) is 0 Å². The van der Waals surface area contributed by atoms with Crippen LogP contribution in [0.4, 0.5) is 0 Å². The summed E-state index contributed by atoms with van der Waals surface area (Å²) in [6.45, 7) is 3.26. The summed E-state index contributed by atoms with van der Waals surface area (Å²) in [6.07, 6.45) is 0.762. The van der Waals surface area contributed by atoms with E-state index in [4.69, 9.17) is 9.47 Å². The van der Waals surface area contributed by atoms with E-state index in [2.05, 4.69) is 10.0 Å². The SMILES string of the molecule is CCCNC(=O)COC(=O)[C@H](C)NS(=O)(=O)c1ccc(OC)cc1. The Morgan fingerprint density at radius 1 is 1.21 bits per heavy atom. The van der Waals surface area contributed by atoms with E-state index >= 15 is 0 Å². The van der Waals surface area contributed by atoms with Crippen molar-refractivity contribution in [2.45, 2.75) is 31.2 Å². The van der Waals surface area contributed by atoms with Crippen molar-refractivity contribution in [3.63, 3.8) is 0 Å². The van der Waals surface area contributed by atoms with E-state index in [1.807, 2.05) is 6.92 Å². The Hall–Kier alpha value is -2.13. The van der Waals surface area contributed by atoms with Crippen LogP contribution in [0.5, 0.6) is 5.75 Å². The van der Waals surface area contributed by atoms with Crippen LogP contribution in [0.3, 0.4) is 0 Å². The molecule has 134 valence electrons. The molecule has 1 atom stereocenters. The molecule has 0 aromatic heterocycles. The maximum atomic E-state index is 12.2. The zero-order chi connectivity index (χ0) is 18.2. The van der Waals surface area contributed by atoms with E-state index in [0.29, 0.717) is 12.3 Å². The van der Waals surface area contributed by atoms with Gasteiger partial charge in [-0.25, -0.2) is 8.42 Å². The number of esters is 1. The molecule has 0 aliphatic carbocycles. The number of benzene rings is 1. The first kappa shape index (κ1) is 19.9. The van der Waals surface area contributed by atoms with Gasteiger partial charge in [-0.2, -0.15) is 4.72 Å². The molecule has 2 N–H and O–H groups in total. The molecule has 0 aliphatic rings. The first-order valence-corrected chi connectivity index (χ1v) is 8.88. The Bertz CT molecular complexity index is 657. The minimum atomic E-state index is -3.89. The third kappa shape index (κ3) is 6.17. The maximum Gasteiger partial charge on any atom is 0.324 e. The fourth-order valence-electron chi connectivity index (χ4n) is 1.68. The van der Waals surface area contributed by atoms with E-state index in [9.17, 15) is 18.0 Å². The van der Waals surface area contributed by atoms with E-state index in [1.54, 1.807) is 0 Å². The van der Waals surface area contributed by atoms with E-state index < -0.39 is 34.5 Å². The zero-order valence-corrected chi connectivity index (χ0v) is 14.7. The molecule has 0 heterocycles. The highest BCUT2D eigenvalue weighted by Crippen LogP contribution is 2.15. The summed E-state index contributed by atoms with van der Waals surface area (Å²) in [5.41, 5.74) is 0. The van der Waals surface area contributed by atoms with Crippen molar-refractivity contribution in [2.24, 2.45) is 0 Å². The normalized spacial score (nSPS) is 12.3. The summed E-state index contributed by atoms with van der Waals surface area (Å²) < 4.78 is 36.3. The van der Waals surface area contributed by atoms with Crippen LogP contribution in [0, 0.1) is 0 Å². The van der Waals surface area contributed by atoms with Crippen molar-refractivity contribution in [3.05, 3.63) is 24.3 Å². The number of carbonyl (C=O) groups excluding carboxylic acids is 2. The minimum Gasteiger partial charge on any atom is -0.497 e. The fraction of sp³-hybridized carbons (Fsp3) is 0.467. The van der Waals surface area contributed by atoms with Crippen LogP contribution in [0.15, 0.2) is 29.2 Å². The summed E-state index contributed by atoms with van der Waals surface area (Å²) >= 11 is 0. The van der Waals surface area contributed by atoms with Crippen LogP contribution in [0.1, 0.15) is 20.3 Å². The quantitative estimate of drug-likeness (QED) is 0.620. The van der Waals surface area contributed by atoms with Crippen molar-refractivity contribution in [3.8, 4) is 5.75 Å². The summed E-state index contributed by atoms with van der Waals surface area (Å²) in [4.78, 5) is 23.1. The molecular formula is C15H22N2O6S. The predicted octanol–water partition coefficient (Wildman–Crippen LogP) is 0.431. The van der Waals surface area contributed by atoms with E-state index in [1.165, 1.54) is 38.3 Å². The number of nitrogens with one attached hydrogen (secondary N) is 2. The molecule has 24 heavy (non-hydrogen) atoms. The molecule has 0 aliphatic heterocycles. The Labute approximate surface area is 141 Å². The van der Waals surface area contributed by atoms with Crippen LogP contribution in [-0.4, -0.2) is 46.6 Å². The molecule has 0 fully saturated rings. The van der Waals surface area contributed by atoms with Gasteiger partial charge in [0.25, 0.3) is 5.91 Å². The molecule has 1 amide bonds. The average Bonchev–Trinajstić information content (AvgIpc) is 2.57. The highest BCUT2D eigenvalue weighted by molar-refractivity contribution is 7.89. The number of hydrogen-bond donors (Lipinski definition) is 2. The van der Waals surface area contributed by atoms with Crippen LogP contribution < -0.4 is 14.8 Å². The molecule has 0 spiro atoms. The van der Waals surface area contributed by atoms with E-state index in [-0.39, 0.29) is 4.90 Å². The van der Waals surface area contributed by atoms with Gasteiger partial charge >= 0.3 is 5.97 Å². The van der Waals surface area contributed by atoms with Crippen LogP contribution in [-0.2, 0) is 24.3 Å². The largest absolute Gasteiger partial charge is 0.497 e. The molecule has 0 unspecified atom stereocenters. The van der Waals surface area contributed by atoms with Gasteiger partial charge in [-0.15, -0.1) is 0 Å². The van der Waals surface area contributed by atoms with Gasteiger partial charge in [-0.1, -0.05) is 6.92 Å². The highest BCUT2D eigenvalue weighted by atomic mass is 32.2. The van der Waals surface area contributed by atoms with Gasteiger partial charge < -0.3 is 14.8 Å². The molecule has 1 aromatic rings. The van der Waals surface area contributed by atoms with Crippen LogP contribution in [0.2, 0.25) is 0 Å². The molecule has 0 saturated carbocycles. The second-order valence-corrected chi connectivity index (χ2v) is 6.69. The smallest absolute Gasteiger partial charge is 0.324 e. The third-order valence-corrected chi connectivity index (χ3v) is 4.53. The molecule has 0 bridgehead atoms. The molecule has 0 radical (unpaired) electrons. The summed E-state index contributed by atoms with van der Waals surface area (Å²) in [6, 6.07) is 4.58. The zero-order valence-electron chi connectivity index (χ0n) is 13.9. The Morgan fingerprint density at radius 3 is 2.38 bits per heavy atom. The molecule has 1 aromatic carbocycles. The predicted molar refractivity (Wildman–Crippen MR) is 87.0 cm³/mol. The Morgan fingerprint density at radius 2 is 1.83 bits per heavy atom. The molecule has 0 saturated heterocycles. The number of hydrogen-bond acceptors (Lipinski definition) is 6. The highest BCUT2D eigenvalue weighted by Gasteiger charge is 2.23. The van der Waals surface area contributed by atoms with Gasteiger partial charge in [0.1, 0.15) is 11.8 Å². The third-order valence-electron chi connectivity index (χ3n) is 2.97. The van der Waals surface area contributed by atoms with Gasteiger partial charge in [-0.05, 0) is 37.6 Å². The molecule has 1 rings (SSSR count). The van der Waals surface area contributed by atoms with Gasteiger partial charge in [-0.3, -0.25) is 9.59 Å². The second kappa shape index (κ2) is 9.24. The summed E-state index contributed by atoms with van der Waals surface area (Å²) in [7, 11) is -2.42. The van der Waals surface area contributed by atoms with Crippen LogP contribution in [0.25, 0.3) is 0 Å². The van der Waals surface area contributed by atoms with Gasteiger partial charge in [0.05, 0.1) is 12.0 Å². The van der Waals surface area contributed by atoms with Gasteiger partial charge in [0.15, 0.2) is 6.61 Å². The van der Waals surface area contributed by atoms with Crippen molar-refractivity contribution in [2.75, 3.05) is 20.3 Å². The lowest BCUT2D eigenvalue weighted by Gasteiger charge is -2.14. The first-order chi connectivity index (χ1) is 11.3. The Kier molecular flexibility index (Phi) is 7.66. The lowest BCUT2D eigenvalue weighted by molar-refractivity contribution is -0.149. The molecule has 8 nitrogen and oxygen atoms in total. The monoisotopic (exact) mass is 358 g/mol. The van der Waals surface area contributed by atoms with Crippen molar-refractivity contribution < 1.29 is 27.5 Å². The topological polar surface area (TPSA) is 111 Å². The number of ether oxygens (including phenoxy) is 2. The van der Waals surface area contributed by atoms with Gasteiger partial charge in [0, 0.05) is 6.54 Å². The fourth-order valence-corrected chi connectivity index (χ4v) is 2.87. The number of methoxy groups -OCH3 is 1. The van der Waals surface area contributed by atoms with E-state index in [0.717, 1.165) is 6.42 Å². The number of carbonyl (C=O) groups is 2. The summed E-state index contributed by atoms with van der Waals surface area (Å²) in [5, 5.41) is 2.54. The maximum absolute atomic E-state index is 12.2. The molecular weight excluding hydrogens is 336 g/mol. The number of amides is 1.